The summed E-state index contributed by atoms with van der Waals surface area (Å²) in [6.45, 7) is 2.15. The number of hydrogen-bond donors (Lipinski definition) is 1. The minimum absolute atomic E-state index is 0.226. The summed E-state index contributed by atoms with van der Waals surface area (Å²) in [6.07, 6.45) is 6.48. The standard InChI is InChI=1S/C32H32N2O3/c1-33(2)25-10-6-23(7-11-25)32(24-8-13-27(36-3)14-9-24)17-16-29-30(35)21-22-20-26(34-18-4-5-19-34)12-15-28(22)31(29)37-32/h6-17,20-21,35H,4-5,18-19H2,1-3H3. The average molecular weight is 493 g/mol. The van der Waals surface area contributed by atoms with E-state index in [1.807, 2.05) is 56.6 Å². The van der Waals surface area contributed by atoms with E-state index in [1.54, 1.807) is 7.11 Å². The molecule has 188 valence electrons. The van der Waals surface area contributed by atoms with Gasteiger partial charge in [0.05, 0.1) is 12.7 Å². The first-order chi connectivity index (χ1) is 18.0. The van der Waals surface area contributed by atoms with Crippen LogP contribution in [0.1, 0.15) is 29.5 Å². The van der Waals surface area contributed by atoms with Gasteiger partial charge in [0.2, 0.25) is 0 Å². The summed E-state index contributed by atoms with van der Waals surface area (Å²) >= 11 is 0. The van der Waals surface area contributed by atoms with Crippen LogP contribution < -0.4 is 19.3 Å². The van der Waals surface area contributed by atoms with Gasteiger partial charge in [-0.15, -0.1) is 0 Å². The molecule has 2 aliphatic heterocycles. The number of methoxy groups -OCH3 is 1. The third-order valence-corrected chi connectivity index (χ3v) is 7.64. The van der Waals surface area contributed by atoms with Crippen molar-refractivity contribution in [2.45, 2.75) is 18.4 Å². The molecule has 0 spiro atoms. The largest absolute Gasteiger partial charge is 0.507 e. The van der Waals surface area contributed by atoms with Crippen molar-refractivity contribution in [3.05, 3.63) is 95.6 Å². The highest BCUT2D eigenvalue weighted by Crippen LogP contribution is 2.48. The van der Waals surface area contributed by atoms with Crippen molar-refractivity contribution >= 4 is 28.2 Å². The third-order valence-electron chi connectivity index (χ3n) is 7.64. The molecule has 0 saturated carbocycles. The van der Waals surface area contributed by atoms with Gasteiger partial charge >= 0.3 is 0 Å². The molecule has 2 aliphatic rings. The van der Waals surface area contributed by atoms with Crippen LogP contribution in [0.2, 0.25) is 0 Å². The Morgan fingerprint density at radius 3 is 2.22 bits per heavy atom. The Morgan fingerprint density at radius 2 is 1.57 bits per heavy atom. The molecule has 2 heterocycles. The van der Waals surface area contributed by atoms with Crippen molar-refractivity contribution in [2.24, 2.45) is 0 Å². The van der Waals surface area contributed by atoms with Gasteiger partial charge in [-0.2, -0.15) is 0 Å². The van der Waals surface area contributed by atoms with E-state index < -0.39 is 5.60 Å². The molecule has 4 aromatic rings. The third kappa shape index (κ3) is 3.95. The molecule has 4 aromatic carbocycles. The van der Waals surface area contributed by atoms with Crippen LogP contribution in [0, 0.1) is 0 Å². The normalized spacial score (nSPS) is 18.5. The summed E-state index contributed by atoms with van der Waals surface area (Å²) in [5.41, 5.74) is 4.14. The Hall–Kier alpha value is -4.12. The fourth-order valence-corrected chi connectivity index (χ4v) is 5.52. The molecular formula is C32H32N2O3. The Morgan fingerprint density at radius 1 is 0.892 bits per heavy atom. The van der Waals surface area contributed by atoms with Crippen LogP contribution in [0.4, 0.5) is 11.4 Å². The second kappa shape index (κ2) is 9.07. The van der Waals surface area contributed by atoms with Gasteiger partial charge in [-0.05, 0) is 78.9 Å². The van der Waals surface area contributed by atoms with Crippen molar-refractivity contribution in [1.82, 2.24) is 0 Å². The zero-order valence-corrected chi connectivity index (χ0v) is 21.6. The number of aromatic hydroxyl groups is 1. The lowest BCUT2D eigenvalue weighted by molar-refractivity contribution is 0.163. The Kier molecular flexibility index (Phi) is 5.71. The van der Waals surface area contributed by atoms with E-state index in [4.69, 9.17) is 9.47 Å². The van der Waals surface area contributed by atoms with Crippen LogP contribution >= 0.6 is 0 Å². The molecule has 1 unspecified atom stereocenters. The second-order valence-electron chi connectivity index (χ2n) is 10.1. The predicted molar refractivity (Wildman–Crippen MR) is 151 cm³/mol. The summed E-state index contributed by atoms with van der Waals surface area (Å²) in [5.74, 6) is 1.71. The van der Waals surface area contributed by atoms with E-state index in [9.17, 15) is 5.11 Å². The summed E-state index contributed by atoms with van der Waals surface area (Å²) in [7, 11) is 5.74. The fourth-order valence-electron chi connectivity index (χ4n) is 5.52. The Balaban J connectivity index is 1.51. The Labute approximate surface area is 218 Å². The molecule has 0 amide bonds. The lowest BCUT2D eigenvalue weighted by atomic mass is 9.83. The van der Waals surface area contributed by atoms with Crippen molar-refractivity contribution in [2.75, 3.05) is 44.1 Å². The lowest BCUT2D eigenvalue weighted by Gasteiger charge is -2.37. The zero-order valence-electron chi connectivity index (χ0n) is 21.6. The van der Waals surface area contributed by atoms with Gasteiger partial charge in [-0.25, -0.2) is 0 Å². The van der Waals surface area contributed by atoms with Crippen LogP contribution in [0.25, 0.3) is 16.8 Å². The molecule has 1 N–H and O–H groups in total. The molecular weight excluding hydrogens is 460 g/mol. The molecule has 0 aromatic heterocycles. The number of phenolic OH excluding ortho intramolecular Hbond substituents is 1. The maximum Gasteiger partial charge on any atom is 0.178 e. The topological polar surface area (TPSA) is 45.2 Å². The smallest absolute Gasteiger partial charge is 0.178 e. The Bertz CT molecular complexity index is 1470. The highest BCUT2D eigenvalue weighted by Gasteiger charge is 2.38. The average Bonchev–Trinajstić information content (AvgIpc) is 3.48. The first-order valence-electron chi connectivity index (χ1n) is 12.8. The molecule has 0 aliphatic carbocycles. The minimum atomic E-state index is -0.863. The van der Waals surface area contributed by atoms with E-state index in [2.05, 4.69) is 52.3 Å². The number of anilines is 2. The minimum Gasteiger partial charge on any atom is -0.507 e. The van der Waals surface area contributed by atoms with Gasteiger partial charge in [0, 0.05) is 55.1 Å². The molecule has 1 saturated heterocycles. The molecule has 6 rings (SSSR count). The quantitative estimate of drug-likeness (QED) is 0.341. The van der Waals surface area contributed by atoms with Crippen LogP contribution in [-0.2, 0) is 5.60 Å². The summed E-state index contributed by atoms with van der Waals surface area (Å²) in [6, 6.07) is 24.8. The number of nitrogens with zero attached hydrogens (tertiary/aromatic N) is 2. The summed E-state index contributed by atoms with van der Waals surface area (Å²) < 4.78 is 12.4. The highest BCUT2D eigenvalue weighted by molar-refractivity contribution is 5.97. The molecule has 5 heteroatoms. The van der Waals surface area contributed by atoms with Gasteiger partial charge in [0.1, 0.15) is 17.2 Å². The van der Waals surface area contributed by atoms with Crippen molar-refractivity contribution in [3.63, 3.8) is 0 Å². The van der Waals surface area contributed by atoms with Gasteiger partial charge in [-0.3, -0.25) is 0 Å². The zero-order chi connectivity index (χ0) is 25.6. The molecule has 1 atom stereocenters. The molecule has 1 fully saturated rings. The number of phenols is 1. The van der Waals surface area contributed by atoms with E-state index in [1.165, 1.54) is 18.5 Å². The number of rotatable bonds is 5. The van der Waals surface area contributed by atoms with E-state index >= 15 is 0 Å². The van der Waals surface area contributed by atoms with Crippen molar-refractivity contribution < 1.29 is 14.6 Å². The van der Waals surface area contributed by atoms with E-state index in [0.717, 1.165) is 46.4 Å². The lowest BCUT2D eigenvalue weighted by Crippen LogP contribution is -2.34. The van der Waals surface area contributed by atoms with Gasteiger partial charge in [0.25, 0.3) is 0 Å². The molecule has 37 heavy (non-hydrogen) atoms. The summed E-state index contributed by atoms with van der Waals surface area (Å²) in [4.78, 5) is 4.49. The second-order valence-corrected chi connectivity index (χ2v) is 10.1. The van der Waals surface area contributed by atoms with Crippen LogP contribution in [0.5, 0.6) is 17.2 Å². The highest BCUT2D eigenvalue weighted by atomic mass is 16.5. The van der Waals surface area contributed by atoms with Crippen molar-refractivity contribution in [1.29, 1.82) is 0 Å². The molecule has 0 bridgehead atoms. The monoisotopic (exact) mass is 492 g/mol. The van der Waals surface area contributed by atoms with E-state index in [-0.39, 0.29) is 5.75 Å². The molecule has 0 radical (unpaired) electrons. The predicted octanol–water partition coefficient (Wildman–Crippen LogP) is 6.57. The number of benzene rings is 4. The SMILES string of the molecule is COc1ccc(C2(c3ccc(N(C)C)cc3)C=Cc3c(O)cc4cc(N5CCCC5)ccc4c3O2)cc1. The number of ether oxygens (including phenoxy) is 2. The van der Waals surface area contributed by atoms with E-state index in [0.29, 0.717) is 11.3 Å². The van der Waals surface area contributed by atoms with Crippen LogP contribution in [0.15, 0.2) is 78.9 Å². The molecule has 5 nitrogen and oxygen atoms in total. The fraction of sp³-hybridized carbons (Fsp3) is 0.250. The van der Waals surface area contributed by atoms with Gasteiger partial charge < -0.3 is 24.4 Å². The first-order valence-corrected chi connectivity index (χ1v) is 12.8. The van der Waals surface area contributed by atoms with Crippen LogP contribution in [-0.4, -0.2) is 39.4 Å². The maximum atomic E-state index is 11.0. The van der Waals surface area contributed by atoms with Crippen molar-refractivity contribution in [3.8, 4) is 17.2 Å². The van der Waals surface area contributed by atoms with Crippen LogP contribution in [0.3, 0.4) is 0 Å². The number of hydrogen-bond acceptors (Lipinski definition) is 5. The first kappa shape index (κ1) is 23.3. The summed E-state index contributed by atoms with van der Waals surface area (Å²) in [5, 5.41) is 13.0. The van der Waals surface area contributed by atoms with Gasteiger partial charge in [0.15, 0.2) is 5.60 Å². The number of fused-ring (bicyclic) bond motifs is 3. The maximum absolute atomic E-state index is 11.0. The van der Waals surface area contributed by atoms with Gasteiger partial charge in [-0.1, -0.05) is 24.3 Å².